The molecule has 6 aromatic rings. The Morgan fingerprint density at radius 3 is 1.24 bits per heavy atom. The van der Waals surface area contributed by atoms with Gasteiger partial charge in [-0.1, -0.05) is 126 Å². The first kappa shape index (κ1) is 86.5. The zero-order valence-electron chi connectivity index (χ0n) is 62.2. The topological polar surface area (TPSA) is 282 Å². The third-order valence-electron chi connectivity index (χ3n) is 17.2. The van der Waals surface area contributed by atoms with E-state index in [-0.39, 0.29) is 23.1 Å². The number of rotatable bonds is 19. The molecule has 0 aromatic heterocycles. The zero-order valence-corrected chi connectivity index (χ0v) is 63.7. The molecule has 3 fully saturated rings. The molecule has 5 amide bonds. The van der Waals surface area contributed by atoms with Gasteiger partial charge in [-0.15, -0.1) is 23.2 Å². The van der Waals surface area contributed by atoms with E-state index in [9.17, 15) is 33.6 Å². The molecule has 0 spiro atoms. The Hall–Kier alpha value is -8.87. The van der Waals surface area contributed by atoms with Gasteiger partial charge >= 0.3 is 18.2 Å². The predicted molar refractivity (Wildman–Crippen MR) is 424 cm³/mol. The van der Waals surface area contributed by atoms with Gasteiger partial charge in [0.2, 0.25) is 17.7 Å². The number of alkyl halides is 2. The first-order valence-electron chi connectivity index (χ1n) is 36.4. The Balaban J connectivity index is 0.000000267. The highest BCUT2D eigenvalue weighted by Gasteiger charge is 2.54. The van der Waals surface area contributed by atoms with E-state index in [0.29, 0.717) is 72.0 Å². The van der Waals surface area contributed by atoms with Crippen LogP contribution in [0, 0.1) is 29.6 Å². The SMILES string of the molecule is C1=CC2CCC1C2.CC(C)(C)OC(=O)Nc1ccc(N)cc1.CCCCC(=O)Nc1ccc(N)cc1.CCCCC(=O)Nc1ccc(NC(=O)OC(C)(C)C)cc1.CCCCC(=O)Nc1ccc2c(c1)C1C3CCC(C3)C1C(c1ccccc1)N2.CCCCC(=O)O.ClCCl.O=Cc1ccccc1. The maximum absolute atomic E-state index is 12.2. The number of benzene rings is 6. The summed E-state index contributed by atoms with van der Waals surface area (Å²) >= 11 is 9.53. The van der Waals surface area contributed by atoms with Gasteiger partial charge in [0.1, 0.15) is 17.5 Å². The van der Waals surface area contributed by atoms with Crippen molar-refractivity contribution in [1.82, 2.24) is 0 Å². The highest BCUT2D eigenvalue weighted by atomic mass is 35.5. The van der Waals surface area contributed by atoms with Crippen LogP contribution in [0.5, 0.6) is 0 Å². The van der Waals surface area contributed by atoms with Crippen LogP contribution < -0.4 is 43.4 Å². The van der Waals surface area contributed by atoms with E-state index in [1.54, 1.807) is 84.9 Å². The van der Waals surface area contributed by atoms with Crippen LogP contribution in [0.2, 0.25) is 0 Å². The Morgan fingerprint density at radius 2 is 0.883 bits per heavy atom. The maximum atomic E-state index is 12.2. The molecule has 103 heavy (non-hydrogen) atoms. The highest BCUT2D eigenvalue weighted by Crippen LogP contribution is 2.64. The van der Waals surface area contributed by atoms with Crippen LogP contribution in [0.25, 0.3) is 0 Å². The number of halogens is 2. The van der Waals surface area contributed by atoms with Gasteiger partial charge in [-0.2, -0.15) is 0 Å². The lowest BCUT2D eigenvalue weighted by Gasteiger charge is -2.43. The third-order valence-corrected chi connectivity index (χ3v) is 17.2. The number of amides is 5. The van der Waals surface area contributed by atoms with Crippen molar-refractivity contribution in [1.29, 1.82) is 0 Å². The van der Waals surface area contributed by atoms with Crippen molar-refractivity contribution in [3.8, 4) is 0 Å². The minimum atomic E-state index is -0.693. The second kappa shape index (κ2) is 46.7. The van der Waals surface area contributed by atoms with Crippen molar-refractivity contribution in [3.63, 3.8) is 0 Å². The van der Waals surface area contributed by atoms with Gasteiger partial charge in [0.05, 0.1) is 11.4 Å². The minimum Gasteiger partial charge on any atom is -0.481 e. The standard InChI is InChI=1S/C25H30N2O.C16H24N2O3.C11H16N2O2.C11H16N2O.C7H6O.C7H10.C5H10O2.CH2Cl2/c1-2-3-9-22(28)26-19-12-13-21-20(15-19)23-17-10-11-18(14-17)24(23)25(27-21)16-7-5-4-6-8-16;1-5-6-7-14(19)17-12-8-10-13(11-9-12)18-15(20)21-16(2,3)4;1-11(2,3)15-10(14)13-9-6-4-8(12)5-7-9;1-2-3-4-11(14)13-10-7-5-9(12)6-8-10;8-6-7-4-2-1-3-5-7;1-2-7-4-3-6(1)5-7;1-2-3-4-5(6)7;2-1-3/h4-8,12-13,15,17-18,23-25,27H,2-3,9-11,14H2,1H3,(H,26,28);8-11H,5-7H2,1-4H3,(H,17,19)(H,18,20);4-7H,12H2,1-3H3,(H,13,14);5-8H,2-4,12H2,1H3,(H,13,14);1-6H;1-2,6-7H,3-5H2;2-4H2,1H3,(H,6,7);1H2. The number of carbonyl (C=O) groups is 7. The van der Waals surface area contributed by atoms with E-state index in [2.05, 4.69) is 106 Å². The van der Waals surface area contributed by atoms with Crippen molar-refractivity contribution in [3.05, 3.63) is 181 Å². The van der Waals surface area contributed by atoms with E-state index in [4.69, 9.17) is 49.2 Å². The summed E-state index contributed by atoms with van der Waals surface area (Å²) in [7, 11) is 0. The number of aldehydes is 1. The molecule has 7 atom stereocenters. The summed E-state index contributed by atoms with van der Waals surface area (Å²) in [5, 5.41) is 26.1. The molecule has 7 unspecified atom stereocenters. The number of ether oxygens (including phenoxy) is 2. The predicted octanol–water partition coefficient (Wildman–Crippen LogP) is 21.4. The van der Waals surface area contributed by atoms with E-state index < -0.39 is 29.4 Å². The summed E-state index contributed by atoms with van der Waals surface area (Å²) in [5.41, 5.74) is 20.0. The van der Waals surface area contributed by atoms with E-state index >= 15 is 0 Å². The van der Waals surface area contributed by atoms with Crippen LogP contribution in [-0.4, -0.2) is 63.8 Å². The van der Waals surface area contributed by atoms with Gasteiger partial charge in [0, 0.05) is 76.7 Å². The summed E-state index contributed by atoms with van der Waals surface area (Å²) in [6.07, 6.45) is 22.8. The van der Waals surface area contributed by atoms with Gasteiger partial charge in [0.25, 0.3) is 0 Å². The molecule has 1 aliphatic heterocycles. The van der Waals surface area contributed by atoms with Crippen LogP contribution in [-0.2, 0) is 28.7 Å². The molecule has 3 saturated carbocycles. The number of aliphatic carboxylic acids is 1. The normalized spacial score (nSPS) is 17.7. The molecular weight excluding hydrogens is 1340 g/mol. The number of anilines is 8. The Morgan fingerprint density at radius 1 is 0.505 bits per heavy atom. The molecule has 560 valence electrons. The fourth-order valence-corrected chi connectivity index (χ4v) is 12.4. The van der Waals surface area contributed by atoms with Gasteiger partial charge in [0.15, 0.2) is 0 Å². The van der Waals surface area contributed by atoms with E-state index in [1.807, 2.05) is 73.6 Å². The second-order valence-electron chi connectivity index (χ2n) is 28.1. The molecule has 11 rings (SSSR count). The minimum absolute atomic E-state index is 0.00435. The molecule has 5 aliphatic rings. The lowest BCUT2D eigenvalue weighted by Crippen LogP contribution is -2.35. The molecule has 4 aliphatic carbocycles. The van der Waals surface area contributed by atoms with Crippen LogP contribution in [0.15, 0.2) is 164 Å². The zero-order chi connectivity index (χ0) is 75.7. The van der Waals surface area contributed by atoms with Crippen molar-refractivity contribution in [2.75, 3.05) is 48.7 Å². The summed E-state index contributed by atoms with van der Waals surface area (Å²) in [4.78, 5) is 77.8. The molecular formula is C83H114Cl2N8O10. The first-order valence-corrected chi connectivity index (χ1v) is 37.5. The smallest absolute Gasteiger partial charge is 0.412 e. The largest absolute Gasteiger partial charge is 0.481 e. The van der Waals surface area contributed by atoms with Gasteiger partial charge in [-0.3, -0.25) is 34.6 Å². The Bertz CT molecular complexity index is 3500. The lowest BCUT2D eigenvalue weighted by atomic mass is 9.68. The van der Waals surface area contributed by atoms with Crippen LogP contribution in [0.4, 0.5) is 55.1 Å². The van der Waals surface area contributed by atoms with Crippen LogP contribution >= 0.6 is 23.2 Å². The molecule has 18 nitrogen and oxygen atoms in total. The fourth-order valence-electron chi connectivity index (χ4n) is 12.4. The number of carbonyl (C=O) groups excluding carboxylic acids is 6. The number of nitrogens with two attached hydrogens (primary N) is 2. The van der Waals surface area contributed by atoms with E-state index in [0.717, 1.165) is 98.3 Å². The number of fused-ring (bicyclic) bond motifs is 9. The highest BCUT2D eigenvalue weighted by molar-refractivity contribution is 6.40. The second-order valence-corrected chi connectivity index (χ2v) is 29.0. The molecule has 0 radical (unpaired) electrons. The number of nitrogen functional groups attached to an aromatic ring is 2. The van der Waals surface area contributed by atoms with Gasteiger partial charge in [-0.25, -0.2) is 9.59 Å². The first-order chi connectivity index (χ1) is 49.2. The third kappa shape index (κ3) is 34.8. The number of hydrogen-bond donors (Lipinski definition) is 9. The number of carboxylic acids is 1. The average Bonchev–Trinajstić information content (AvgIpc) is 1.60. The monoisotopic (exact) mass is 1450 g/mol. The average molecular weight is 1450 g/mol. The van der Waals surface area contributed by atoms with Gasteiger partial charge in [-0.05, 0) is 243 Å². The summed E-state index contributed by atoms with van der Waals surface area (Å²) in [5.74, 6) is 4.40. The Labute approximate surface area is 622 Å². The van der Waals surface area contributed by atoms with Crippen molar-refractivity contribution in [2.24, 2.45) is 29.6 Å². The van der Waals surface area contributed by atoms with Crippen molar-refractivity contribution >= 4 is 111 Å². The molecule has 1 heterocycles. The summed E-state index contributed by atoms with van der Waals surface area (Å²) in [6, 6.07) is 47.9. The summed E-state index contributed by atoms with van der Waals surface area (Å²) < 4.78 is 10.3. The van der Waals surface area contributed by atoms with Crippen molar-refractivity contribution < 1.29 is 48.1 Å². The maximum Gasteiger partial charge on any atom is 0.412 e. The number of unbranched alkanes of at least 4 members (excludes halogenated alkanes) is 4. The lowest BCUT2D eigenvalue weighted by molar-refractivity contribution is -0.137. The fraction of sp³-hybridized carbons (Fsp3) is 0.458. The molecule has 20 heteroatoms. The molecule has 11 N–H and O–H groups in total. The van der Waals surface area contributed by atoms with Crippen molar-refractivity contribution in [2.45, 2.75) is 208 Å². The quantitative estimate of drug-likeness (QED) is 0.0158. The summed E-state index contributed by atoms with van der Waals surface area (Å²) in [6.45, 7) is 19.1. The van der Waals surface area contributed by atoms with Crippen LogP contribution in [0.3, 0.4) is 0 Å². The number of allylic oxidation sites excluding steroid dienone is 2. The number of nitrogens with one attached hydrogen (secondary N) is 6. The number of hydrogen-bond acceptors (Lipinski definition) is 12. The van der Waals surface area contributed by atoms with E-state index in [1.165, 1.54) is 55.3 Å². The molecule has 0 saturated heterocycles. The molecule has 6 aromatic carbocycles. The van der Waals surface area contributed by atoms with Crippen LogP contribution in [0.1, 0.15) is 218 Å². The Kier molecular flexibility index (Phi) is 39.2. The molecule has 4 bridgehead atoms. The number of carboxylic acid groups (broad SMARTS) is 1. The van der Waals surface area contributed by atoms with Gasteiger partial charge < -0.3 is 47.3 Å².